The highest BCUT2D eigenvalue weighted by molar-refractivity contribution is 14.0. The summed E-state index contributed by atoms with van der Waals surface area (Å²) in [6, 6.07) is 5.44. The SMILES string of the molecule is CCC(C)NC(=NC)NCc1ccc(Br)c(F)c1.I. The van der Waals surface area contributed by atoms with Crippen LogP contribution in [-0.2, 0) is 6.54 Å². The summed E-state index contributed by atoms with van der Waals surface area (Å²) in [4.78, 5) is 4.12. The van der Waals surface area contributed by atoms with Crippen molar-refractivity contribution in [1.82, 2.24) is 10.6 Å². The monoisotopic (exact) mass is 443 g/mol. The van der Waals surface area contributed by atoms with E-state index in [1.54, 1.807) is 13.1 Å². The van der Waals surface area contributed by atoms with Gasteiger partial charge in [0, 0.05) is 19.6 Å². The van der Waals surface area contributed by atoms with Gasteiger partial charge >= 0.3 is 0 Å². The fourth-order valence-electron chi connectivity index (χ4n) is 1.37. The van der Waals surface area contributed by atoms with Crippen LogP contribution in [-0.4, -0.2) is 19.0 Å². The molecule has 1 unspecified atom stereocenters. The van der Waals surface area contributed by atoms with Crippen LogP contribution in [0.25, 0.3) is 0 Å². The number of rotatable bonds is 4. The van der Waals surface area contributed by atoms with Crippen molar-refractivity contribution in [2.24, 2.45) is 4.99 Å². The van der Waals surface area contributed by atoms with Gasteiger partial charge in [0.1, 0.15) is 5.82 Å². The third-order valence-corrected chi connectivity index (χ3v) is 3.31. The number of hydrogen-bond donors (Lipinski definition) is 2. The summed E-state index contributed by atoms with van der Waals surface area (Å²) >= 11 is 3.13. The van der Waals surface area contributed by atoms with Crippen molar-refractivity contribution in [2.75, 3.05) is 7.05 Å². The van der Waals surface area contributed by atoms with Crippen LogP contribution in [0.4, 0.5) is 4.39 Å². The van der Waals surface area contributed by atoms with Crippen molar-refractivity contribution in [3.05, 3.63) is 34.1 Å². The van der Waals surface area contributed by atoms with E-state index >= 15 is 0 Å². The van der Waals surface area contributed by atoms with E-state index in [9.17, 15) is 4.39 Å². The third kappa shape index (κ3) is 6.56. The van der Waals surface area contributed by atoms with Crippen molar-refractivity contribution < 1.29 is 4.39 Å². The Kier molecular flexibility index (Phi) is 9.34. The summed E-state index contributed by atoms with van der Waals surface area (Å²) in [5.74, 6) is 0.479. The summed E-state index contributed by atoms with van der Waals surface area (Å²) in [5, 5.41) is 6.40. The summed E-state index contributed by atoms with van der Waals surface area (Å²) in [6.07, 6.45) is 1.02. The number of nitrogens with one attached hydrogen (secondary N) is 2. The van der Waals surface area contributed by atoms with E-state index in [1.807, 2.05) is 6.07 Å². The molecule has 0 heterocycles. The minimum absolute atomic E-state index is 0. The molecule has 0 amide bonds. The predicted molar refractivity (Wildman–Crippen MR) is 92.6 cm³/mol. The number of guanidine groups is 1. The normalized spacial score (nSPS) is 12.6. The molecule has 1 aromatic rings. The highest BCUT2D eigenvalue weighted by Gasteiger charge is 2.04. The summed E-state index contributed by atoms with van der Waals surface area (Å²) in [5.41, 5.74) is 0.878. The first kappa shape index (κ1) is 18.6. The molecular weight excluding hydrogens is 424 g/mol. The van der Waals surface area contributed by atoms with Gasteiger partial charge in [0.05, 0.1) is 4.47 Å². The number of aliphatic imine (C=N–C) groups is 1. The Morgan fingerprint density at radius 2 is 2.16 bits per heavy atom. The van der Waals surface area contributed by atoms with Gasteiger partial charge in [0.25, 0.3) is 0 Å². The van der Waals surface area contributed by atoms with Gasteiger partial charge in [0.2, 0.25) is 0 Å². The van der Waals surface area contributed by atoms with Crippen molar-refractivity contribution in [3.63, 3.8) is 0 Å². The predicted octanol–water partition coefficient (Wildman–Crippen LogP) is 3.67. The second kappa shape index (κ2) is 9.52. The molecule has 3 nitrogen and oxygen atoms in total. The fourth-order valence-corrected chi connectivity index (χ4v) is 1.61. The number of nitrogens with zero attached hydrogens (tertiary/aromatic N) is 1. The molecule has 0 fully saturated rings. The molecule has 0 aliphatic heterocycles. The van der Waals surface area contributed by atoms with E-state index in [0.29, 0.717) is 17.1 Å². The summed E-state index contributed by atoms with van der Waals surface area (Å²) in [6.45, 7) is 4.74. The first-order valence-corrected chi connectivity index (χ1v) is 6.77. The largest absolute Gasteiger partial charge is 0.354 e. The Balaban J connectivity index is 0.00000324. The zero-order chi connectivity index (χ0) is 13.5. The Morgan fingerprint density at radius 3 is 2.68 bits per heavy atom. The lowest BCUT2D eigenvalue weighted by Gasteiger charge is -2.16. The lowest BCUT2D eigenvalue weighted by molar-refractivity contribution is 0.614. The molecule has 1 rings (SSSR count). The molecule has 0 saturated carbocycles. The van der Waals surface area contributed by atoms with E-state index in [-0.39, 0.29) is 29.8 Å². The zero-order valence-corrected chi connectivity index (χ0v) is 15.3. The summed E-state index contributed by atoms with van der Waals surface area (Å²) < 4.78 is 13.8. The van der Waals surface area contributed by atoms with E-state index in [0.717, 1.165) is 17.9 Å². The van der Waals surface area contributed by atoms with Crippen molar-refractivity contribution in [2.45, 2.75) is 32.9 Å². The molecule has 0 aliphatic carbocycles. The minimum Gasteiger partial charge on any atom is -0.354 e. The van der Waals surface area contributed by atoms with Gasteiger partial charge in [-0.25, -0.2) is 4.39 Å². The zero-order valence-electron chi connectivity index (χ0n) is 11.3. The maximum absolute atomic E-state index is 13.3. The maximum Gasteiger partial charge on any atom is 0.191 e. The Morgan fingerprint density at radius 1 is 1.47 bits per heavy atom. The van der Waals surface area contributed by atoms with Crippen molar-refractivity contribution in [1.29, 1.82) is 0 Å². The van der Waals surface area contributed by atoms with Gasteiger partial charge < -0.3 is 10.6 Å². The fraction of sp³-hybridized carbons (Fsp3) is 0.462. The average molecular weight is 444 g/mol. The molecule has 6 heteroatoms. The molecule has 19 heavy (non-hydrogen) atoms. The first-order valence-electron chi connectivity index (χ1n) is 5.98. The van der Waals surface area contributed by atoms with E-state index in [2.05, 4.69) is 45.4 Å². The smallest absolute Gasteiger partial charge is 0.191 e. The van der Waals surface area contributed by atoms with Crippen LogP contribution < -0.4 is 10.6 Å². The van der Waals surface area contributed by atoms with Crippen LogP contribution in [0.15, 0.2) is 27.7 Å². The average Bonchev–Trinajstić information content (AvgIpc) is 2.38. The molecule has 1 atom stereocenters. The van der Waals surface area contributed by atoms with Gasteiger partial charge in [-0.1, -0.05) is 13.0 Å². The lowest BCUT2D eigenvalue weighted by Crippen LogP contribution is -2.41. The number of halogens is 3. The van der Waals surface area contributed by atoms with Gasteiger partial charge in [-0.3, -0.25) is 4.99 Å². The molecule has 0 saturated heterocycles. The molecular formula is C13H20BrFIN3. The van der Waals surface area contributed by atoms with Gasteiger partial charge in [-0.15, -0.1) is 24.0 Å². The van der Waals surface area contributed by atoms with Crippen LogP contribution in [0, 0.1) is 5.82 Å². The van der Waals surface area contributed by atoms with Crippen LogP contribution in [0.1, 0.15) is 25.8 Å². The first-order chi connectivity index (χ1) is 8.56. The second-order valence-corrected chi connectivity index (χ2v) is 4.98. The molecule has 0 aromatic heterocycles. The molecule has 0 spiro atoms. The maximum atomic E-state index is 13.3. The highest BCUT2D eigenvalue weighted by Crippen LogP contribution is 2.16. The lowest BCUT2D eigenvalue weighted by atomic mass is 10.2. The molecule has 108 valence electrons. The number of hydrogen-bond acceptors (Lipinski definition) is 1. The van der Waals surface area contributed by atoms with E-state index in [4.69, 9.17) is 0 Å². The van der Waals surface area contributed by atoms with E-state index < -0.39 is 0 Å². The molecule has 0 aliphatic rings. The molecule has 1 aromatic carbocycles. The van der Waals surface area contributed by atoms with Gasteiger partial charge in [-0.2, -0.15) is 0 Å². The molecule has 0 bridgehead atoms. The minimum atomic E-state index is -0.251. The Hall–Kier alpha value is -0.370. The van der Waals surface area contributed by atoms with Crippen LogP contribution >= 0.6 is 39.9 Å². The van der Waals surface area contributed by atoms with Crippen molar-refractivity contribution >= 4 is 45.9 Å². The van der Waals surface area contributed by atoms with Gasteiger partial charge in [-0.05, 0) is 47.0 Å². The van der Waals surface area contributed by atoms with Crippen molar-refractivity contribution in [3.8, 4) is 0 Å². The summed E-state index contributed by atoms with van der Waals surface area (Å²) in [7, 11) is 1.72. The van der Waals surface area contributed by atoms with Crippen LogP contribution in [0.5, 0.6) is 0 Å². The van der Waals surface area contributed by atoms with Crippen LogP contribution in [0.3, 0.4) is 0 Å². The topological polar surface area (TPSA) is 36.4 Å². The molecule has 2 N–H and O–H groups in total. The highest BCUT2D eigenvalue weighted by atomic mass is 127. The van der Waals surface area contributed by atoms with E-state index in [1.165, 1.54) is 6.07 Å². The van der Waals surface area contributed by atoms with Crippen LogP contribution in [0.2, 0.25) is 0 Å². The Bertz CT molecular complexity index is 426. The molecule has 0 radical (unpaired) electrons. The standard InChI is InChI=1S/C13H19BrFN3.HI/c1-4-9(2)18-13(16-3)17-8-10-5-6-11(14)12(15)7-10;/h5-7,9H,4,8H2,1-3H3,(H2,16,17,18);1H. The van der Waals surface area contributed by atoms with Gasteiger partial charge in [0.15, 0.2) is 5.96 Å². The quantitative estimate of drug-likeness (QED) is 0.423. The Labute approximate surface area is 139 Å². The third-order valence-electron chi connectivity index (χ3n) is 2.66. The second-order valence-electron chi connectivity index (χ2n) is 4.13. The number of benzene rings is 1.